The summed E-state index contributed by atoms with van der Waals surface area (Å²) in [5.74, 6) is -1.40. The number of aromatic amines is 1. The van der Waals surface area contributed by atoms with Crippen LogP contribution >= 0.6 is 0 Å². The van der Waals surface area contributed by atoms with E-state index in [-0.39, 0.29) is 24.6 Å². The number of aryl methyl sites for hydroxylation is 1. The van der Waals surface area contributed by atoms with Crippen molar-refractivity contribution in [2.45, 2.75) is 32.0 Å². The van der Waals surface area contributed by atoms with Gasteiger partial charge in [0.1, 0.15) is 0 Å². The summed E-state index contributed by atoms with van der Waals surface area (Å²) in [5, 5.41) is 26.2. The summed E-state index contributed by atoms with van der Waals surface area (Å²) in [7, 11) is 0. The number of tetrazole rings is 1. The molecule has 10 nitrogen and oxygen atoms in total. The number of nitrogens with one attached hydrogen (secondary N) is 2. The van der Waals surface area contributed by atoms with Crippen LogP contribution in [0.3, 0.4) is 0 Å². The number of rotatable bonds is 5. The molecule has 0 unspecified atom stereocenters. The van der Waals surface area contributed by atoms with Gasteiger partial charge in [0.05, 0.1) is 35.4 Å². The summed E-state index contributed by atoms with van der Waals surface area (Å²) in [5.41, 5.74) is 4.74. The molecule has 6 rings (SSSR count). The summed E-state index contributed by atoms with van der Waals surface area (Å²) in [6.07, 6.45) is 2.41. The standard InChI is InChI=1S/C24H20F3N9O/c1-13-2-3-15(22-32-34-36(33-22)18-8-17(9-18)24(25,26)27)6-20(13)31-23(37)19-12-30-35-5-4-14(7-21(19)35)16-10-28-29-11-16/h2-7,10-12,17-18H,8-9H2,1H3,(H,28,29)(H,31,37)/t17-,18+. The SMILES string of the molecule is Cc1ccc(-c2nnn([C@H]3C[C@@H](C(F)(F)F)C3)n2)cc1NC(=O)c1cnn2ccc(-c3cn[nH]c3)cc12. The van der Waals surface area contributed by atoms with Gasteiger partial charge in [-0.05, 0) is 54.3 Å². The van der Waals surface area contributed by atoms with Crippen LogP contribution in [-0.4, -0.2) is 52.1 Å². The number of carbonyl (C=O) groups excluding carboxylic acids is 1. The number of hydrogen-bond acceptors (Lipinski definition) is 6. The first-order chi connectivity index (χ1) is 17.8. The summed E-state index contributed by atoms with van der Waals surface area (Å²) in [6.45, 7) is 1.85. The normalized spacial score (nSPS) is 17.6. The molecule has 1 aromatic carbocycles. The van der Waals surface area contributed by atoms with Crippen LogP contribution in [0.25, 0.3) is 28.0 Å². The topological polar surface area (TPSA) is 119 Å². The van der Waals surface area contributed by atoms with E-state index in [1.54, 1.807) is 35.2 Å². The minimum Gasteiger partial charge on any atom is -0.322 e. The van der Waals surface area contributed by atoms with Crippen molar-refractivity contribution in [1.82, 2.24) is 40.0 Å². The zero-order valence-electron chi connectivity index (χ0n) is 19.4. The van der Waals surface area contributed by atoms with Crippen molar-refractivity contribution in [1.29, 1.82) is 0 Å². The number of hydrogen-bond donors (Lipinski definition) is 2. The molecule has 5 aromatic rings. The first-order valence-electron chi connectivity index (χ1n) is 11.5. The number of pyridine rings is 1. The van der Waals surface area contributed by atoms with Crippen molar-refractivity contribution in [3.63, 3.8) is 0 Å². The molecule has 4 aromatic heterocycles. The van der Waals surface area contributed by atoms with Crippen LogP contribution in [0.15, 0.2) is 55.1 Å². The molecule has 0 spiro atoms. The van der Waals surface area contributed by atoms with Crippen molar-refractivity contribution in [3.05, 3.63) is 66.2 Å². The Morgan fingerprint density at radius 1 is 1.11 bits per heavy atom. The first kappa shape index (κ1) is 22.9. The van der Waals surface area contributed by atoms with Gasteiger partial charge in [0, 0.05) is 29.2 Å². The van der Waals surface area contributed by atoms with Gasteiger partial charge in [0.15, 0.2) is 0 Å². The van der Waals surface area contributed by atoms with E-state index < -0.39 is 18.1 Å². The molecular formula is C24H20F3N9O. The number of amides is 1. The number of halogens is 3. The lowest BCUT2D eigenvalue weighted by atomic mass is 9.80. The Kier molecular flexibility index (Phi) is 5.28. The number of aromatic nitrogens is 8. The predicted octanol–water partition coefficient (Wildman–Crippen LogP) is 4.45. The van der Waals surface area contributed by atoms with E-state index in [9.17, 15) is 18.0 Å². The maximum atomic E-state index is 13.2. The molecule has 1 aliphatic rings. The van der Waals surface area contributed by atoms with E-state index in [0.29, 0.717) is 22.3 Å². The number of alkyl halides is 3. The number of nitrogens with zero attached hydrogens (tertiary/aromatic N) is 7. The van der Waals surface area contributed by atoms with Gasteiger partial charge >= 0.3 is 6.18 Å². The molecule has 1 fully saturated rings. The van der Waals surface area contributed by atoms with E-state index in [0.717, 1.165) is 16.7 Å². The molecule has 0 atom stereocenters. The third kappa shape index (κ3) is 4.21. The fourth-order valence-corrected chi connectivity index (χ4v) is 4.37. The second kappa shape index (κ2) is 8.54. The van der Waals surface area contributed by atoms with Crippen LogP contribution in [0.4, 0.5) is 18.9 Å². The van der Waals surface area contributed by atoms with Crippen molar-refractivity contribution in [2.24, 2.45) is 5.92 Å². The van der Waals surface area contributed by atoms with Gasteiger partial charge in [-0.1, -0.05) is 12.1 Å². The highest BCUT2D eigenvalue weighted by Crippen LogP contribution is 2.46. The highest BCUT2D eigenvalue weighted by Gasteiger charge is 2.49. The van der Waals surface area contributed by atoms with E-state index in [4.69, 9.17) is 0 Å². The van der Waals surface area contributed by atoms with Crippen LogP contribution in [0.2, 0.25) is 0 Å². The van der Waals surface area contributed by atoms with Crippen molar-refractivity contribution < 1.29 is 18.0 Å². The molecule has 0 bridgehead atoms. The Morgan fingerprint density at radius 3 is 2.70 bits per heavy atom. The zero-order valence-corrected chi connectivity index (χ0v) is 19.4. The molecule has 1 aliphatic carbocycles. The van der Waals surface area contributed by atoms with Crippen molar-refractivity contribution in [2.75, 3.05) is 5.32 Å². The van der Waals surface area contributed by atoms with E-state index >= 15 is 0 Å². The summed E-state index contributed by atoms with van der Waals surface area (Å²) >= 11 is 0. The van der Waals surface area contributed by atoms with Gasteiger partial charge in [-0.2, -0.15) is 28.2 Å². The van der Waals surface area contributed by atoms with Crippen LogP contribution in [-0.2, 0) is 0 Å². The van der Waals surface area contributed by atoms with Crippen molar-refractivity contribution in [3.8, 4) is 22.5 Å². The average molecular weight is 507 g/mol. The third-order valence-corrected chi connectivity index (χ3v) is 6.67. The smallest absolute Gasteiger partial charge is 0.322 e. The molecule has 0 saturated heterocycles. The van der Waals surface area contributed by atoms with Crippen LogP contribution in [0.5, 0.6) is 0 Å². The Morgan fingerprint density at radius 2 is 1.95 bits per heavy atom. The number of fused-ring (bicyclic) bond motifs is 1. The summed E-state index contributed by atoms with van der Waals surface area (Å²) < 4.78 is 40.0. The molecule has 188 valence electrons. The van der Waals surface area contributed by atoms with Gasteiger partial charge in [-0.15, -0.1) is 10.2 Å². The largest absolute Gasteiger partial charge is 0.391 e. The van der Waals surface area contributed by atoms with E-state index in [1.807, 2.05) is 25.1 Å². The molecular weight excluding hydrogens is 487 g/mol. The van der Waals surface area contributed by atoms with E-state index in [1.165, 1.54) is 11.0 Å². The fraction of sp³-hybridized carbons (Fsp3) is 0.250. The Labute approximate surface area is 207 Å². The lowest BCUT2D eigenvalue weighted by Gasteiger charge is -2.35. The Bertz CT molecular complexity index is 1600. The third-order valence-electron chi connectivity index (χ3n) is 6.67. The van der Waals surface area contributed by atoms with Gasteiger partial charge in [0.2, 0.25) is 5.82 Å². The quantitative estimate of drug-likeness (QED) is 0.363. The van der Waals surface area contributed by atoms with Crippen LogP contribution in [0.1, 0.15) is 34.8 Å². The lowest BCUT2D eigenvalue weighted by molar-refractivity contribution is -0.203. The number of H-pyrrole nitrogens is 1. The average Bonchev–Trinajstić information content (AvgIpc) is 3.59. The molecule has 1 amide bonds. The zero-order chi connectivity index (χ0) is 25.7. The van der Waals surface area contributed by atoms with Crippen molar-refractivity contribution >= 4 is 17.1 Å². The highest BCUT2D eigenvalue weighted by molar-refractivity contribution is 6.09. The van der Waals surface area contributed by atoms with Crippen LogP contribution < -0.4 is 5.32 Å². The molecule has 0 aliphatic heterocycles. The first-order valence-corrected chi connectivity index (χ1v) is 11.5. The highest BCUT2D eigenvalue weighted by atomic mass is 19.4. The molecule has 0 radical (unpaired) electrons. The van der Waals surface area contributed by atoms with E-state index in [2.05, 4.69) is 36.0 Å². The molecule has 2 N–H and O–H groups in total. The monoisotopic (exact) mass is 507 g/mol. The Balaban J connectivity index is 1.22. The van der Waals surface area contributed by atoms with Gasteiger partial charge in [0.25, 0.3) is 5.91 Å². The Hall–Kier alpha value is -4.55. The van der Waals surface area contributed by atoms with Gasteiger partial charge < -0.3 is 5.32 Å². The minimum atomic E-state index is -4.20. The van der Waals surface area contributed by atoms with Gasteiger partial charge in [-0.25, -0.2) is 4.52 Å². The fourth-order valence-electron chi connectivity index (χ4n) is 4.37. The molecule has 4 heterocycles. The van der Waals surface area contributed by atoms with Gasteiger partial charge in [-0.3, -0.25) is 9.89 Å². The second-order valence-corrected chi connectivity index (χ2v) is 9.07. The second-order valence-electron chi connectivity index (χ2n) is 9.07. The number of anilines is 1. The molecule has 1 saturated carbocycles. The van der Waals surface area contributed by atoms with Crippen LogP contribution in [0, 0.1) is 12.8 Å². The maximum Gasteiger partial charge on any atom is 0.391 e. The minimum absolute atomic E-state index is 0.0591. The summed E-state index contributed by atoms with van der Waals surface area (Å²) in [6, 6.07) is 8.62. The number of benzene rings is 1. The molecule has 37 heavy (non-hydrogen) atoms. The lowest BCUT2D eigenvalue weighted by Crippen LogP contribution is -2.37. The maximum absolute atomic E-state index is 13.2. The predicted molar refractivity (Wildman–Crippen MR) is 127 cm³/mol. The molecule has 13 heteroatoms. The summed E-state index contributed by atoms with van der Waals surface area (Å²) in [4.78, 5) is 14.5. The number of carbonyl (C=O) groups is 1.